The van der Waals surface area contributed by atoms with Crippen molar-refractivity contribution < 1.29 is 9.90 Å². The molecule has 0 saturated heterocycles. The van der Waals surface area contributed by atoms with E-state index in [-0.39, 0.29) is 0 Å². The molecule has 1 aliphatic carbocycles. The average molecular weight is 235 g/mol. The molecule has 0 atom stereocenters. The third-order valence-electron chi connectivity index (χ3n) is 3.20. The van der Waals surface area contributed by atoms with E-state index in [9.17, 15) is 9.90 Å². The fourth-order valence-electron chi connectivity index (χ4n) is 2.29. The number of aldehydes is 1. The first-order valence-electron chi connectivity index (χ1n) is 5.84. The molecule has 0 unspecified atom stereocenters. The lowest BCUT2D eigenvalue weighted by Crippen LogP contribution is -2.39. The van der Waals surface area contributed by atoms with Crippen molar-refractivity contribution in [1.82, 2.24) is 9.97 Å². The molecular weight excluding hydrogens is 218 g/mol. The largest absolute Gasteiger partial charge is 0.388 e. The molecule has 17 heavy (non-hydrogen) atoms. The summed E-state index contributed by atoms with van der Waals surface area (Å²) >= 11 is 0. The number of hydrogen-bond acceptors (Lipinski definition) is 5. The minimum absolute atomic E-state index is 0.460. The summed E-state index contributed by atoms with van der Waals surface area (Å²) in [5.41, 5.74) is -0.150. The van der Waals surface area contributed by atoms with E-state index in [1.807, 2.05) is 11.9 Å². The van der Waals surface area contributed by atoms with Gasteiger partial charge in [0.1, 0.15) is 0 Å². The lowest BCUT2D eigenvalue weighted by molar-refractivity contribution is 0.0556. The highest BCUT2D eigenvalue weighted by Crippen LogP contribution is 2.30. The maximum absolute atomic E-state index is 10.5. The molecule has 0 spiro atoms. The summed E-state index contributed by atoms with van der Waals surface area (Å²) in [7, 11) is 1.85. The lowest BCUT2D eigenvalue weighted by atomic mass is 10.0. The number of aliphatic hydroxyl groups is 1. The van der Waals surface area contributed by atoms with Crippen LogP contribution in [0.4, 0.5) is 5.95 Å². The van der Waals surface area contributed by atoms with Crippen LogP contribution in [-0.4, -0.2) is 40.6 Å². The van der Waals surface area contributed by atoms with Crippen molar-refractivity contribution in [3.8, 4) is 0 Å². The minimum atomic E-state index is -0.610. The van der Waals surface area contributed by atoms with Crippen molar-refractivity contribution >= 4 is 12.2 Å². The van der Waals surface area contributed by atoms with Crippen LogP contribution in [0.15, 0.2) is 12.4 Å². The van der Waals surface area contributed by atoms with Gasteiger partial charge in [-0.05, 0) is 12.8 Å². The number of rotatable bonds is 4. The van der Waals surface area contributed by atoms with E-state index in [0.717, 1.165) is 25.7 Å². The molecule has 1 aromatic heterocycles. The van der Waals surface area contributed by atoms with Gasteiger partial charge in [-0.1, -0.05) is 12.8 Å². The zero-order chi connectivity index (χ0) is 12.3. The molecule has 1 saturated carbocycles. The Kier molecular flexibility index (Phi) is 3.38. The standard InChI is InChI=1S/C12H17N3O2/c1-15(9-12(17)4-2-3-5-12)11-13-6-10(8-16)7-14-11/h6-8,17H,2-5,9H2,1H3. The van der Waals surface area contributed by atoms with Crippen molar-refractivity contribution in [2.45, 2.75) is 31.3 Å². The van der Waals surface area contributed by atoms with Gasteiger partial charge in [0.2, 0.25) is 5.95 Å². The Labute approximate surface area is 100 Å². The fraction of sp³-hybridized carbons (Fsp3) is 0.583. The molecule has 1 heterocycles. The second kappa shape index (κ2) is 4.79. The van der Waals surface area contributed by atoms with Crippen LogP contribution in [0, 0.1) is 0 Å². The number of likely N-dealkylation sites (N-methyl/N-ethyl adjacent to an activating group) is 1. The quantitative estimate of drug-likeness (QED) is 0.789. The van der Waals surface area contributed by atoms with Crippen molar-refractivity contribution in [2.75, 3.05) is 18.5 Å². The van der Waals surface area contributed by atoms with Crippen LogP contribution in [0.2, 0.25) is 0 Å². The lowest BCUT2D eigenvalue weighted by Gasteiger charge is -2.28. The second-order valence-electron chi connectivity index (χ2n) is 4.72. The molecule has 2 rings (SSSR count). The summed E-state index contributed by atoms with van der Waals surface area (Å²) in [5, 5.41) is 10.3. The van der Waals surface area contributed by atoms with Crippen LogP contribution in [0.25, 0.3) is 0 Å². The molecule has 0 aromatic carbocycles. The topological polar surface area (TPSA) is 66.3 Å². The van der Waals surface area contributed by atoms with Crippen LogP contribution in [0.5, 0.6) is 0 Å². The first-order chi connectivity index (χ1) is 8.13. The second-order valence-corrected chi connectivity index (χ2v) is 4.72. The first-order valence-corrected chi connectivity index (χ1v) is 5.84. The van der Waals surface area contributed by atoms with Gasteiger partial charge in [0.15, 0.2) is 6.29 Å². The van der Waals surface area contributed by atoms with E-state index >= 15 is 0 Å². The Hall–Kier alpha value is -1.49. The molecule has 5 nitrogen and oxygen atoms in total. The van der Waals surface area contributed by atoms with E-state index in [4.69, 9.17) is 0 Å². The van der Waals surface area contributed by atoms with Gasteiger partial charge in [0, 0.05) is 26.0 Å². The summed E-state index contributed by atoms with van der Waals surface area (Å²) in [6, 6.07) is 0. The van der Waals surface area contributed by atoms with Gasteiger partial charge in [0.25, 0.3) is 0 Å². The zero-order valence-corrected chi connectivity index (χ0v) is 9.96. The normalized spacial score (nSPS) is 18.0. The van der Waals surface area contributed by atoms with Crippen LogP contribution in [-0.2, 0) is 0 Å². The molecule has 0 aliphatic heterocycles. The molecule has 0 amide bonds. The van der Waals surface area contributed by atoms with E-state index < -0.39 is 5.60 Å². The van der Waals surface area contributed by atoms with E-state index in [1.165, 1.54) is 12.4 Å². The molecule has 5 heteroatoms. The highest BCUT2D eigenvalue weighted by atomic mass is 16.3. The Morgan fingerprint density at radius 3 is 2.53 bits per heavy atom. The average Bonchev–Trinajstić information content (AvgIpc) is 2.76. The van der Waals surface area contributed by atoms with Gasteiger partial charge in [0.05, 0.1) is 11.2 Å². The maximum Gasteiger partial charge on any atom is 0.225 e. The summed E-state index contributed by atoms with van der Waals surface area (Å²) < 4.78 is 0. The summed E-state index contributed by atoms with van der Waals surface area (Å²) in [4.78, 5) is 20.5. The molecule has 1 fully saturated rings. The van der Waals surface area contributed by atoms with Gasteiger partial charge >= 0.3 is 0 Å². The minimum Gasteiger partial charge on any atom is -0.388 e. The Bertz CT molecular complexity index is 385. The van der Waals surface area contributed by atoms with E-state index in [1.54, 1.807) is 0 Å². The summed E-state index contributed by atoms with van der Waals surface area (Å²) in [6.07, 6.45) is 7.53. The van der Waals surface area contributed by atoms with Crippen molar-refractivity contribution in [3.05, 3.63) is 18.0 Å². The number of carbonyl (C=O) groups is 1. The van der Waals surface area contributed by atoms with Crippen LogP contribution >= 0.6 is 0 Å². The molecule has 1 aliphatic rings. The SMILES string of the molecule is CN(CC1(O)CCCC1)c1ncc(C=O)cn1. The van der Waals surface area contributed by atoms with E-state index in [2.05, 4.69) is 9.97 Å². The smallest absolute Gasteiger partial charge is 0.225 e. The third kappa shape index (κ3) is 2.79. The number of aromatic nitrogens is 2. The van der Waals surface area contributed by atoms with Crippen LogP contribution < -0.4 is 4.90 Å². The van der Waals surface area contributed by atoms with Gasteiger partial charge in [-0.25, -0.2) is 9.97 Å². The number of carbonyl (C=O) groups excluding carboxylic acids is 1. The van der Waals surface area contributed by atoms with Gasteiger partial charge in [-0.15, -0.1) is 0 Å². The fourth-order valence-corrected chi connectivity index (χ4v) is 2.29. The van der Waals surface area contributed by atoms with Gasteiger partial charge in [-0.3, -0.25) is 4.79 Å². The van der Waals surface area contributed by atoms with Gasteiger partial charge < -0.3 is 10.0 Å². The molecular formula is C12H17N3O2. The zero-order valence-electron chi connectivity index (χ0n) is 9.96. The molecule has 0 radical (unpaired) electrons. The van der Waals surface area contributed by atoms with Crippen molar-refractivity contribution in [3.63, 3.8) is 0 Å². The predicted octanol–water partition coefficient (Wildman–Crippen LogP) is 1.03. The predicted molar refractivity (Wildman–Crippen MR) is 64.1 cm³/mol. The van der Waals surface area contributed by atoms with E-state index in [0.29, 0.717) is 24.3 Å². The van der Waals surface area contributed by atoms with Crippen molar-refractivity contribution in [1.29, 1.82) is 0 Å². The highest BCUT2D eigenvalue weighted by Gasteiger charge is 2.32. The Balaban J connectivity index is 2.03. The Morgan fingerprint density at radius 1 is 1.41 bits per heavy atom. The molecule has 0 bridgehead atoms. The molecule has 92 valence electrons. The molecule has 1 N–H and O–H groups in total. The highest BCUT2D eigenvalue weighted by molar-refractivity contribution is 5.73. The number of nitrogens with zero attached hydrogens (tertiary/aromatic N) is 3. The van der Waals surface area contributed by atoms with Crippen LogP contribution in [0.1, 0.15) is 36.0 Å². The first kappa shape index (κ1) is 12.0. The monoisotopic (exact) mass is 235 g/mol. The van der Waals surface area contributed by atoms with Crippen LogP contribution in [0.3, 0.4) is 0 Å². The molecule has 1 aromatic rings. The van der Waals surface area contributed by atoms with Crippen molar-refractivity contribution in [2.24, 2.45) is 0 Å². The third-order valence-corrected chi connectivity index (χ3v) is 3.20. The summed E-state index contributed by atoms with van der Waals surface area (Å²) in [5.74, 6) is 0.538. The summed E-state index contributed by atoms with van der Waals surface area (Å²) in [6.45, 7) is 0.535. The Morgan fingerprint density at radius 2 is 2.00 bits per heavy atom. The number of hydrogen-bond donors (Lipinski definition) is 1. The number of anilines is 1. The van der Waals surface area contributed by atoms with Gasteiger partial charge in [-0.2, -0.15) is 0 Å². The maximum atomic E-state index is 10.5.